The number of rotatable bonds is 4. The highest BCUT2D eigenvalue weighted by atomic mass is 32.2. The van der Waals surface area contributed by atoms with Crippen LogP contribution >= 0.6 is 11.8 Å². The molecule has 5 nitrogen and oxygen atoms in total. The molecule has 0 spiro atoms. The van der Waals surface area contributed by atoms with Crippen LogP contribution in [0.2, 0.25) is 0 Å². The lowest BCUT2D eigenvalue weighted by molar-refractivity contribution is -0.145. The number of nitrogens with one attached hydrogen (secondary N) is 1. The van der Waals surface area contributed by atoms with Crippen LogP contribution in [-0.4, -0.2) is 32.5 Å². The standard InChI is InChI=1S/C9H15N3O2S/c1-5-14-7(13)9(3,4)15-8-10-6(2)11-12-8/h5H2,1-4H3,(H,10,11,12). The predicted molar refractivity (Wildman–Crippen MR) is 57.7 cm³/mol. The first kappa shape index (κ1) is 12.0. The van der Waals surface area contributed by atoms with Crippen molar-refractivity contribution < 1.29 is 9.53 Å². The van der Waals surface area contributed by atoms with Crippen molar-refractivity contribution in [1.29, 1.82) is 0 Å². The summed E-state index contributed by atoms with van der Waals surface area (Å²) in [6.07, 6.45) is 0. The molecule has 0 saturated heterocycles. The number of hydrogen-bond donors (Lipinski definition) is 1. The van der Waals surface area contributed by atoms with Crippen molar-refractivity contribution >= 4 is 17.7 Å². The highest BCUT2D eigenvalue weighted by Gasteiger charge is 2.32. The van der Waals surface area contributed by atoms with Crippen LogP contribution < -0.4 is 0 Å². The molecule has 0 bridgehead atoms. The Balaban J connectivity index is 2.67. The van der Waals surface area contributed by atoms with Gasteiger partial charge in [-0.15, -0.1) is 5.10 Å². The van der Waals surface area contributed by atoms with Gasteiger partial charge < -0.3 is 4.74 Å². The van der Waals surface area contributed by atoms with Crippen molar-refractivity contribution in [3.63, 3.8) is 0 Å². The zero-order valence-corrected chi connectivity index (χ0v) is 10.1. The van der Waals surface area contributed by atoms with E-state index in [1.807, 2.05) is 6.92 Å². The van der Waals surface area contributed by atoms with Gasteiger partial charge in [0, 0.05) is 0 Å². The van der Waals surface area contributed by atoms with Crippen LogP contribution in [0.1, 0.15) is 26.6 Å². The molecule has 0 aliphatic heterocycles. The molecular weight excluding hydrogens is 214 g/mol. The average molecular weight is 229 g/mol. The summed E-state index contributed by atoms with van der Waals surface area (Å²) in [7, 11) is 0. The van der Waals surface area contributed by atoms with E-state index in [0.29, 0.717) is 11.8 Å². The fourth-order valence-corrected chi connectivity index (χ4v) is 1.82. The topological polar surface area (TPSA) is 67.9 Å². The Morgan fingerprint density at radius 3 is 2.73 bits per heavy atom. The molecule has 84 valence electrons. The number of aromatic amines is 1. The Kier molecular flexibility index (Phi) is 3.73. The zero-order valence-electron chi connectivity index (χ0n) is 9.33. The number of ether oxygens (including phenoxy) is 1. The number of aromatic nitrogens is 3. The monoisotopic (exact) mass is 229 g/mol. The Bertz CT molecular complexity index is 349. The maximum Gasteiger partial charge on any atom is 0.322 e. The van der Waals surface area contributed by atoms with E-state index < -0.39 is 4.75 Å². The molecule has 1 N–H and O–H groups in total. The molecular formula is C9H15N3O2S. The highest BCUT2D eigenvalue weighted by molar-refractivity contribution is 8.01. The third kappa shape index (κ3) is 3.23. The van der Waals surface area contributed by atoms with Crippen molar-refractivity contribution in [1.82, 2.24) is 15.2 Å². The summed E-state index contributed by atoms with van der Waals surface area (Å²) in [6, 6.07) is 0. The van der Waals surface area contributed by atoms with E-state index in [-0.39, 0.29) is 5.97 Å². The molecule has 1 aromatic rings. The van der Waals surface area contributed by atoms with Gasteiger partial charge in [-0.1, -0.05) is 11.8 Å². The summed E-state index contributed by atoms with van der Waals surface area (Å²) in [5.74, 6) is 0.481. The van der Waals surface area contributed by atoms with Gasteiger partial charge >= 0.3 is 5.97 Å². The maximum atomic E-state index is 11.6. The SMILES string of the molecule is CCOC(=O)C(C)(C)Sc1n[nH]c(C)n1. The third-order valence-electron chi connectivity index (χ3n) is 1.69. The summed E-state index contributed by atoms with van der Waals surface area (Å²) in [4.78, 5) is 15.7. The fraction of sp³-hybridized carbons (Fsp3) is 0.667. The van der Waals surface area contributed by atoms with E-state index in [1.165, 1.54) is 11.8 Å². The molecule has 0 saturated carbocycles. The minimum Gasteiger partial charge on any atom is -0.465 e. The quantitative estimate of drug-likeness (QED) is 0.626. The lowest BCUT2D eigenvalue weighted by Crippen LogP contribution is -2.30. The highest BCUT2D eigenvalue weighted by Crippen LogP contribution is 2.30. The van der Waals surface area contributed by atoms with Gasteiger partial charge in [-0.25, -0.2) is 4.98 Å². The first-order valence-electron chi connectivity index (χ1n) is 4.71. The molecule has 0 aliphatic rings. The number of aryl methyl sites for hydroxylation is 1. The predicted octanol–water partition coefficient (Wildman–Crippen LogP) is 1.55. The summed E-state index contributed by atoms with van der Waals surface area (Å²) in [6.45, 7) is 7.57. The van der Waals surface area contributed by atoms with Crippen LogP contribution in [0.15, 0.2) is 5.16 Å². The largest absolute Gasteiger partial charge is 0.465 e. The Labute approximate surface area is 93.0 Å². The van der Waals surface area contributed by atoms with E-state index in [9.17, 15) is 4.79 Å². The van der Waals surface area contributed by atoms with Gasteiger partial charge in [0.15, 0.2) is 0 Å². The van der Waals surface area contributed by atoms with E-state index >= 15 is 0 Å². The second-order valence-corrected chi connectivity index (χ2v) is 5.13. The van der Waals surface area contributed by atoms with Gasteiger partial charge in [0.1, 0.15) is 10.6 Å². The van der Waals surface area contributed by atoms with Crippen molar-refractivity contribution in [3.8, 4) is 0 Å². The smallest absolute Gasteiger partial charge is 0.322 e. The van der Waals surface area contributed by atoms with Crippen LogP contribution in [0.25, 0.3) is 0 Å². The molecule has 0 unspecified atom stereocenters. The van der Waals surface area contributed by atoms with Crippen molar-refractivity contribution in [2.75, 3.05) is 6.61 Å². The Morgan fingerprint density at radius 2 is 2.27 bits per heavy atom. The van der Waals surface area contributed by atoms with E-state index in [2.05, 4.69) is 15.2 Å². The van der Waals surface area contributed by atoms with Crippen molar-refractivity contribution in [2.24, 2.45) is 0 Å². The van der Waals surface area contributed by atoms with E-state index in [0.717, 1.165) is 5.82 Å². The van der Waals surface area contributed by atoms with Gasteiger partial charge in [0.05, 0.1) is 6.61 Å². The molecule has 1 rings (SSSR count). The van der Waals surface area contributed by atoms with Crippen LogP contribution in [0, 0.1) is 6.92 Å². The van der Waals surface area contributed by atoms with Gasteiger partial charge in [0.25, 0.3) is 0 Å². The zero-order chi connectivity index (χ0) is 11.5. The maximum absolute atomic E-state index is 11.6. The van der Waals surface area contributed by atoms with Crippen LogP contribution in [0.3, 0.4) is 0 Å². The van der Waals surface area contributed by atoms with E-state index in [1.54, 1.807) is 20.8 Å². The second-order valence-electron chi connectivity index (χ2n) is 3.54. The molecule has 0 amide bonds. The lowest BCUT2D eigenvalue weighted by atomic mass is 10.2. The minimum atomic E-state index is -0.662. The summed E-state index contributed by atoms with van der Waals surface area (Å²) in [5, 5.41) is 7.25. The second kappa shape index (κ2) is 4.65. The number of esters is 1. The van der Waals surface area contributed by atoms with E-state index in [4.69, 9.17) is 4.74 Å². The number of carbonyl (C=O) groups excluding carboxylic acids is 1. The van der Waals surface area contributed by atoms with Crippen LogP contribution in [-0.2, 0) is 9.53 Å². The normalized spacial score (nSPS) is 11.5. The molecule has 0 fully saturated rings. The van der Waals surface area contributed by atoms with Crippen molar-refractivity contribution in [3.05, 3.63) is 5.82 Å². The average Bonchev–Trinajstić information content (AvgIpc) is 2.50. The lowest BCUT2D eigenvalue weighted by Gasteiger charge is -2.19. The number of hydrogen-bond acceptors (Lipinski definition) is 5. The fourth-order valence-electron chi connectivity index (χ4n) is 0.943. The van der Waals surface area contributed by atoms with Crippen molar-refractivity contribution in [2.45, 2.75) is 37.6 Å². The van der Waals surface area contributed by atoms with Gasteiger partial charge in [0.2, 0.25) is 5.16 Å². The molecule has 0 aromatic carbocycles. The van der Waals surface area contributed by atoms with Gasteiger partial charge in [-0.05, 0) is 27.7 Å². The molecule has 6 heteroatoms. The molecule has 0 radical (unpaired) electrons. The third-order valence-corrected chi connectivity index (χ3v) is 2.73. The van der Waals surface area contributed by atoms with Gasteiger partial charge in [-0.3, -0.25) is 9.89 Å². The minimum absolute atomic E-state index is 0.252. The summed E-state index contributed by atoms with van der Waals surface area (Å²) in [5.41, 5.74) is 0. The number of thioether (sulfide) groups is 1. The summed E-state index contributed by atoms with van der Waals surface area (Å²) < 4.78 is 4.30. The number of nitrogens with zero attached hydrogens (tertiary/aromatic N) is 2. The Morgan fingerprint density at radius 1 is 1.60 bits per heavy atom. The van der Waals surface area contributed by atoms with Crippen LogP contribution in [0.4, 0.5) is 0 Å². The molecule has 15 heavy (non-hydrogen) atoms. The molecule has 1 heterocycles. The van der Waals surface area contributed by atoms with Crippen LogP contribution in [0.5, 0.6) is 0 Å². The molecule has 1 aromatic heterocycles. The number of H-pyrrole nitrogens is 1. The molecule has 0 atom stereocenters. The Hall–Kier alpha value is -1.04. The van der Waals surface area contributed by atoms with Gasteiger partial charge in [-0.2, -0.15) is 0 Å². The molecule has 0 aliphatic carbocycles. The first-order chi connectivity index (χ1) is 6.95. The first-order valence-corrected chi connectivity index (χ1v) is 5.52. The summed E-state index contributed by atoms with van der Waals surface area (Å²) >= 11 is 1.29. The number of carbonyl (C=O) groups is 1.